The standard InChI is InChI=1S/C18H40N4O3/c1-19(2)5-7-21-9-13-23-14-10-22(8-6-20(3)4)12-16-25-18-17-24-15-11-21/h5-18H2,1-4H3. The van der Waals surface area contributed by atoms with E-state index in [1.807, 2.05) is 0 Å². The molecule has 25 heavy (non-hydrogen) atoms. The Bertz CT molecular complexity index is 278. The van der Waals surface area contributed by atoms with Crippen molar-refractivity contribution in [3.05, 3.63) is 0 Å². The summed E-state index contributed by atoms with van der Waals surface area (Å²) in [5.74, 6) is 0. The van der Waals surface area contributed by atoms with E-state index in [1.54, 1.807) is 0 Å². The first kappa shape index (κ1) is 22.8. The van der Waals surface area contributed by atoms with Gasteiger partial charge in [-0.1, -0.05) is 0 Å². The van der Waals surface area contributed by atoms with Crippen molar-refractivity contribution < 1.29 is 14.2 Å². The first-order chi connectivity index (χ1) is 12.1. The Kier molecular flexibility index (Phi) is 13.5. The van der Waals surface area contributed by atoms with E-state index in [2.05, 4.69) is 47.8 Å². The Morgan fingerprint density at radius 2 is 0.880 bits per heavy atom. The topological polar surface area (TPSA) is 40.7 Å². The van der Waals surface area contributed by atoms with Gasteiger partial charge in [-0.05, 0) is 28.2 Å². The maximum Gasteiger partial charge on any atom is 0.0701 e. The lowest BCUT2D eigenvalue weighted by Gasteiger charge is -2.25. The van der Waals surface area contributed by atoms with E-state index in [0.717, 1.165) is 78.8 Å². The number of hydrogen-bond acceptors (Lipinski definition) is 7. The number of likely N-dealkylation sites (N-methyl/N-ethyl adjacent to an activating group) is 2. The summed E-state index contributed by atoms with van der Waals surface area (Å²) < 4.78 is 17.3. The van der Waals surface area contributed by atoms with E-state index in [4.69, 9.17) is 14.2 Å². The van der Waals surface area contributed by atoms with Gasteiger partial charge in [0.1, 0.15) is 0 Å². The van der Waals surface area contributed by atoms with Gasteiger partial charge in [-0.2, -0.15) is 0 Å². The summed E-state index contributed by atoms with van der Waals surface area (Å²) >= 11 is 0. The second-order valence-electron chi connectivity index (χ2n) is 7.13. The van der Waals surface area contributed by atoms with E-state index in [-0.39, 0.29) is 0 Å². The van der Waals surface area contributed by atoms with Crippen LogP contribution in [0.4, 0.5) is 0 Å². The molecule has 1 aliphatic rings. The Labute approximate surface area is 154 Å². The quantitative estimate of drug-likeness (QED) is 0.648. The molecule has 1 fully saturated rings. The van der Waals surface area contributed by atoms with E-state index in [1.165, 1.54) is 0 Å². The maximum atomic E-state index is 5.89. The minimum absolute atomic E-state index is 0.676. The Balaban J connectivity index is 2.38. The van der Waals surface area contributed by atoms with Gasteiger partial charge >= 0.3 is 0 Å². The second-order valence-corrected chi connectivity index (χ2v) is 7.13. The molecule has 0 saturated carbocycles. The van der Waals surface area contributed by atoms with Crippen molar-refractivity contribution in [2.24, 2.45) is 0 Å². The molecule has 0 bridgehead atoms. The van der Waals surface area contributed by atoms with E-state index >= 15 is 0 Å². The molecule has 0 spiro atoms. The monoisotopic (exact) mass is 360 g/mol. The molecule has 0 aromatic carbocycles. The van der Waals surface area contributed by atoms with Gasteiger partial charge in [0.05, 0.1) is 39.6 Å². The van der Waals surface area contributed by atoms with Gasteiger partial charge in [0.2, 0.25) is 0 Å². The molecule has 0 atom stereocenters. The highest BCUT2D eigenvalue weighted by molar-refractivity contribution is 4.62. The highest BCUT2D eigenvalue weighted by Crippen LogP contribution is 1.95. The fraction of sp³-hybridized carbons (Fsp3) is 1.00. The van der Waals surface area contributed by atoms with Crippen LogP contribution in [0.3, 0.4) is 0 Å². The molecule has 150 valence electrons. The third-order valence-corrected chi connectivity index (χ3v) is 4.31. The van der Waals surface area contributed by atoms with Crippen LogP contribution >= 0.6 is 0 Å². The van der Waals surface area contributed by atoms with Crippen molar-refractivity contribution in [2.45, 2.75) is 0 Å². The van der Waals surface area contributed by atoms with Crippen LogP contribution in [0.2, 0.25) is 0 Å². The van der Waals surface area contributed by atoms with Crippen LogP contribution in [0.25, 0.3) is 0 Å². The predicted octanol–water partition coefficient (Wildman–Crippen LogP) is -0.223. The fourth-order valence-corrected chi connectivity index (χ4v) is 2.55. The van der Waals surface area contributed by atoms with Crippen LogP contribution in [0.1, 0.15) is 0 Å². The minimum Gasteiger partial charge on any atom is -0.379 e. The summed E-state index contributed by atoms with van der Waals surface area (Å²) in [6, 6.07) is 0. The average molecular weight is 361 g/mol. The Morgan fingerprint density at radius 3 is 1.20 bits per heavy atom. The molecule has 0 unspecified atom stereocenters. The number of ether oxygens (including phenoxy) is 3. The number of nitrogens with zero attached hydrogens (tertiary/aromatic N) is 4. The first-order valence-electron chi connectivity index (χ1n) is 9.55. The van der Waals surface area contributed by atoms with Crippen molar-refractivity contribution >= 4 is 0 Å². The molecule has 0 amide bonds. The van der Waals surface area contributed by atoms with Gasteiger partial charge in [0.15, 0.2) is 0 Å². The third-order valence-electron chi connectivity index (χ3n) is 4.31. The molecular weight excluding hydrogens is 320 g/mol. The van der Waals surface area contributed by atoms with Gasteiger partial charge in [0.25, 0.3) is 0 Å². The average Bonchev–Trinajstić information content (AvgIpc) is 2.57. The number of rotatable bonds is 6. The fourth-order valence-electron chi connectivity index (χ4n) is 2.55. The van der Waals surface area contributed by atoms with Gasteiger partial charge < -0.3 is 24.0 Å². The van der Waals surface area contributed by atoms with Crippen LogP contribution in [0.5, 0.6) is 0 Å². The molecule has 7 heteroatoms. The zero-order valence-electron chi connectivity index (χ0n) is 16.9. The molecule has 0 radical (unpaired) electrons. The summed E-state index contributed by atoms with van der Waals surface area (Å²) in [5, 5.41) is 0. The van der Waals surface area contributed by atoms with Crippen LogP contribution < -0.4 is 0 Å². The summed E-state index contributed by atoms with van der Waals surface area (Å²) in [5.41, 5.74) is 0. The molecule has 1 heterocycles. The largest absolute Gasteiger partial charge is 0.379 e. The lowest BCUT2D eigenvalue weighted by atomic mass is 10.4. The lowest BCUT2D eigenvalue weighted by Crippen LogP contribution is -2.38. The summed E-state index contributed by atoms with van der Waals surface area (Å²) in [6.07, 6.45) is 0. The van der Waals surface area contributed by atoms with Gasteiger partial charge in [-0.3, -0.25) is 9.80 Å². The molecule has 1 aliphatic heterocycles. The minimum atomic E-state index is 0.676. The smallest absolute Gasteiger partial charge is 0.0701 e. The van der Waals surface area contributed by atoms with Crippen LogP contribution in [0.15, 0.2) is 0 Å². The lowest BCUT2D eigenvalue weighted by molar-refractivity contribution is 0.0315. The SMILES string of the molecule is CN(C)CCN1CCOCCOCCN(CCN(C)C)CCOCC1. The van der Waals surface area contributed by atoms with Crippen LogP contribution in [0, 0.1) is 0 Å². The van der Waals surface area contributed by atoms with Crippen molar-refractivity contribution in [3.63, 3.8) is 0 Å². The van der Waals surface area contributed by atoms with Crippen LogP contribution in [-0.2, 0) is 14.2 Å². The van der Waals surface area contributed by atoms with E-state index in [0.29, 0.717) is 13.2 Å². The zero-order chi connectivity index (χ0) is 18.3. The Hall–Kier alpha value is -0.280. The van der Waals surface area contributed by atoms with Gasteiger partial charge in [-0.15, -0.1) is 0 Å². The van der Waals surface area contributed by atoms with E-state index in [9.17, 15) is 0 Å². The maximum absolute atomic E-state index is 5.89. The van der Waals surface area contributed by atoms with Crippen molar-refractivity contribution in [1.82, 2.24) is 19.6 Å². The molecule has 7 nitrogen and oxygen atoms in total. The normalized spacial score (nSPS) is 21.4. The van der Waals surface area contributed by atoms with E-state index < -0.39 is 0 Å². The Morgan fingerprint density at radius 1 is 0.560 bits per heavy atom. The van der Waals surface area contributed by atoms with Crippen molar-refractivity contribution in [2.75, 3.05) is 120 Å². The predicted molar refractivity (Wildman–Crippen MR) is 102 cm³/mol. The first-order valence-corrected chi connectivity index (χ1v) is 9.55. The number of hydrogen-bond donors (Lipinski definition) is 0. The zero-order valence-corrected chi connectivity index (χ0v) is 16.9. The third kappa shape index (κ3) is 13.6. The van der Waals surface area contributed by atoms with Crippen molar-refractivity contribution in [3.8, 4) is 0 Å². The highest BCUT2D eigenvalue weighted by Gasteiger charge is 2.09. The van der Waals surface area contributed by atoms with Gasteiger partial charge in [-0.25, -0.2) is 0 Å². The summed E-state index contributed by atoms with van der Waals surface area (Å²) in [7, 11) is 8.45. The molecule has 0 aromatic rings. The highest BCUT2D eigenvalue weighted by atomic mass is 16.5. The van der Waals surface area contributed by atoms with Gasteiger partial charge in [0, 0.05) is 52.4 Å². The van der Waals surface area contributed by atoms with Crippen LogP contribution in [-0.4, -0.2) is 140 Å². The summed E-state index contributed by atoms with van der Waals surface area (Å²) in [4.78, 5) is 9.27. The molecule has 0 aromatic heterocycles. The van der Waals surface area contributed by atoms with Crippen molar-refractivity contribution in [1.29, 1.82) is 0 Å². The molecule has 1 saturated heterocycles. The molecule has 0 N–H and O–H groups in total. The molecular formula is C18H40N4O3. The second kappa shape index (κ2) is 14.8. The molecule has 0 aliphatic carbocycles. The summed E-state index contributed by atoms with van der Waals surface area (Å²) in [6.45, 7) is 12.5. The molecule has 1 rings (SSSR count).